The van der Waals surface area contributed by atoms with Crippen molar-refractivity contribution in [3.63, 3.8) is 0 Å². The van der Waals surface area contributed by atoms with Gasteiger partial charge in [0.25, 0.3) is 0 Å². The van der Waals surface area contributed by atoms with Gasteiger partial charge in [-0.05, 0) is 19.4 Å². The molecule has 3 aromatic rings. The van der Waals surface area contributed by atoms with E-state index in [9.17, 15) is 4.79 Å². The summed E-state index contributed by atoms with van der Waals surface area (Å²) in [6, 6.07) is 10.1. The summed E-state index contributed by atoms with van der Waals surface area (Å²) in [4.78, 5) is 12.4. The molecule has 0 aliphatic carbocycles. The van der Waals surface area contributed by atoms with E-state index in [4.69, 9.17) is 0 Å². The van der Waals surface area contributed by atoms with E-state index >= 15 is 0 Å². The molecule has 7 nitrogen and oxygen atoms in total. The standard InChI is InChI=1S/C18H20N6OS2/c1-4-10-24-15(11-14-8-6-5-7-9-14)21-23-18(24)26-12(2)16(25)19-17-22-20-13(3)27-17/h4-9,12H,1,10-11H2,2-3H3,(H,19,22,25)/t12-/m0/s1. The van der Waals surface area contributed by atoms with E-state index in [2.05, 4.69) is 44.4 Å². The molecule has 140 valence electrons. The number of benzene rings is 1. The molecule has 1 aromatic carbocycles. The second-order valence-electron chi connectivity index (χ2n) is 5.84. The zero-order valence-corrected chi connectivity index (χ0v) is 16.8. The van der Waals surface area contributed by atoms with Gasteiger partial charge in [0.15, 0.2) is 5.16 Å². The van der Waals surface area contributed by atoms with Crippen molar-refractivity contribution in [1.82, 2.24) is 25.0 Å². The summed E-state index contributed by atoms with van der Waals surface area (Å²) in [5.41, 5.74) is 1.16. The van der Waals surface area contributed by atoms with Gasteiger partial charge in [0.1, 0.15) is 10.8 Å². The fourth-order valence-electron chi connectivity index (χ4n) is 2.39. The van der Waals surface area contributed by atoms with E-state index in [-0.39, 0.29) is 11.2 Å². The average molecular weight is 401 g/mol. The number of hydrogen-bond acceptors (Lipinski definition) is 7. The molecule has 1 N–H and O–H groups in total. The van der Waals surface area contributed by atoms with E-state index in [0.717, 1.165) is 16.4 Å². The third kappa shape index (κ3) is 5.01. The molecule has 2 heterocycles. The van der Waals surface area contributed by atoms with Crippen LogP contribution < -0.4 is 5.32 Å². The molecule has 27 heavy (non-hydrogen) atoms. The summed E-state index contributed by atoms with van der Waals surface area (Å²) in [5.74, 6) is 0.699. The van der Waals surface area contributed by atoms with E-state index in [0.29, 0.717) is 23.3 Å². The summed E-state index contributed by atoms with van der Waals surface area (Å²) in [5, 5.41) is 20.9. The Hall–Kier alpha value is -2.52. The van der Waals surface area contributed by atoms with Gasteiger partial charge < -0.3 is 4.57 Å². The lowest BCUT2D eigenvalue weighted by Crippen LogP contribution is -2.23. The molecule has 9 heteroatoms. The third-order valence-electron chi connectivity index (χ3n) is 3.72. The van der Waals surface area contributed by atoms with E-state index in [1.807, 2.05) is 36.6 Å². The number of nitrogens with zero attached hydrogens (tertiary/aromatic N) is 5. The predicted octanol–water partition coefficient (Wildman–Crippen LogP) is 3.33. The first-order valence-corrected chi connectivity index (χ1v) is 10.1. The van der Waals surface area contributed by atoms with Gasteiger partial charge in [0, 0.05) is 13.0 Å². The van der Waals surface area contributed by atoms with Crippen molar-refractivity contribution in [2.45, 2.75) is 37.2 Å². The van der Waals surface area contributed by atoms with Crippen LogP contribution in [0.3, 0.4) is 0 Å². The number of carbonyl (C=O) groups is 1. The number of thioether (sulfide) groups is 1. The molecule has 0 unspecified atom stereocenters. The Morgan fingerprint density at radius 1 is 1.30 bits per heavy atom. The maximum Gasteiger partial charge on any atom is 0.239 e. The second kappa shape index (κ2) is 8.92. The van der Waals surface area contributed by atoms with Crippen molar-refractivity contribution in [2.24, 2.45) is 0 Å². The van der Waals surface area contributed by atoms with Crippen molar-refractivity contribution in [1.29, 1.82) is 0 Å². The van der Waals surface area contributed by atoms with Crippen LogP contribution in [0.4, 0.5) is 5.13 Å². The van der Waals surface area contributed by atoms with Crippen LogP contribution in [0.5, 0.6) is 0 Å². The Kier molecular flexibility index (Phi) is 6.36. The van der Waals surface area contributed by atoms with Gasteiger partial charge in [0.2, 0.25) is 11.0 Å². The lowest BCUT2D eigenvalue weighted by Gasteiger charge is -2.11. The molecule has 1 amide bonds. The Labute approximate surface area is 165 Å². The van der Waals surface area contributed by atoms with Crippen LogP contribution in [0, 0.1) is 6.92 Å². The molecule has 0 aliphatic heterocycles. The van der Waals surface area contributed by atoms with Gasteiger partial charge in [-0.3, -0.25) is 10.1 Å². The molecule has 3 rings (SSSR count). The van der Waals surface area contributed by atoms with Gasteiger partial charge in [-0.25, -0.2) is 0 Å². The number of hydrogen-bond donors (Lipinski definition) is 1. The highest BCUT2D eigenvalue weighted by Crippen LogP contribution is 2.25. The number of nitrogens with one attached hydrogen (secondary N) is 1. The summed E-state index contributed by atoms with van der Waals surface area (Å²) >= 11 is 2.71. The van der Waals surface area contributed by atoms with Crippen LogP contribution in [0.25, 0.3) is 0 Å². The molecule has 0 saturated heterocycles. The van der Waals surface area contributed by atoms with Gasteiger partial charge in [-0.1, -0.05) is 59.5 Å². The molecule has 2 aromatic heterocycles. The number of allylic oxidation sites excluding steroid dienone is 1. The predicted molar refractivity (Wildman–Crippen MR) is 108 cm³/mol. The van der Waals surface area contributed by atoms with Crippen molar-refractivity contribution in [3.8, 4) is 0 Å². The van der Waals surface area contributed by atoms with Gasteiger partial charge in [0.05, 0.1) is 5.25 Å². The maximum absolute atomic E-state index is 12.4. The molecule has 0 bridgehead atoms. The van der Waals surface area contributed by atoms with Crippen LogP contribution in [-0.4, -0.2) is 36.1 Å². The summed E-state index contributed by atoms with van der Waals surface area (Å²) in [6.07, 6.45) is 2.48. The van der Waals surface area contributed by atoms with Crippen LogP contribution in [0.15, 0.2) is 48.1 Å². The summed E-state index contributed by atoms with van der Waals surface area (Å²) in [6.45, 7) is 8.08. The molecule has 0 spiro atoms. The molecule has 1 atom stereocenters. The quantitative estimate of drug-likeness (QED) is 0.461. The average Bonchev–Trinajstić information content (AvgIpc) is 3.23. The normalized spacial score (nSPS) is 11.9. The highest BCUT2D eigenvalue weighted by atomic mass is 32.2. The zero-order chi connectivity index (χ0) is 19.2. The lowest BCUT2D eigenvalue weighted by molar-refractivity contribution is -0.115. The van der Waals surface area contributed by atoms with Crippen LogP contribution >= 0.6 is 23.1 Å². The number of amides is 1. The molecule has 0 aliphatic rings. The highest BCUT2D eigenvalue weighted by molar-refractivity contribution is 8.00. The minimum absolute atomic E-state index is 0.145. The first-order chi connectivity index (χ1) is 13.1. The van der Waals surface area contributed by atoms with Crippen LogP contribution in [0.1, 0.15) is 23.3 Å². The Morgan fingerprint density at radius 3 is 2.74 bits per heavy atom. The highest BCUT2D eigenvalue weighted by Gasteiger charge is 2.21. The van der Waals surface area contributed by atoms with E-state index < -0.39 is 0 Å². The molecule has 0 fully saturated rings. The first-order valence-electron chi connectivity index (χ1n) is 8.41. The van der Waals surface area contributed by atoms with Crippen molar-refractivity contribution >= 4 is 34.1 Å². The topological polar surface area (TPSA) is 85.6 Å². The molecule has 0 saturated carbocycles. The number of carbonyl (C=O) groups excluding carboxylic acids is 1. The van der Waals surface area contributed by atoms with Gasteiger partial charge >= 0.3 is 0 Å². The Morgan fingerprint density at radius 2 is 2.07 bits per heavy atom. The second-order valence-corrected chi connectivity index (χ2v) is 8.33. The fourth-order valence-corrected chi connectivity index (χ4v) is 3.87. The van der Waals surface area contributed by atoms with Crippen molar-refractivity contribution in [3.05, 3.63) is 59.4 Å². The first kappa shape index (κ1) is 19.2. The number of aromatic nitrogens is 5. The molecule has 0 radical (unpaired) electrons. The number of rotatable bonds is 8. The smallest absolute Gasteiger partial charge is 0.239 e. The fraction of sp³-hybridized carbons (Fsp3) is 0.278. The minimum Gasteiger partial charge on any atom is -0.302 e. The van der Waals surface area contributed by atoms with Gasteiger partial charge in [-0.2, -0.15) is 0 Å². The van der Waals surface area contributed by atoms with Crippen molar-refractivity contribution in [2.75, 3.05) is 5.32 Å². The van der Waals surface area contributed by atoms with Crippen LogP contribution in [0.2, 0.25) is 0 Å². The molecular formula is C18H20N6OS2. The van der Waals surface area contributed by atoms with Crippen LogP contribution in [-0.2, 0) is 17.8 Å². The summed E-state index contributed by atoms with van der Waals surface area (Å²) in [7, 11) is 0. The number of anilines is 1. The zero-order valence-electron chi connectivity index (χ0n) is 15.1. The minimum atomic E-state index is -0.355. The Bertz CT molecular complexity index is 921. The van der Waals surface area contributed by atoms with E-state index in [1.54, 1.807) is 6.08 Å². The Balaban J connectivity index is 1.71. The third-order valence-corrected chi connectivity index (χ3v) is 5.55. The van der Waals surface area contributed by atoms with Crippen molar-refractivity contribution < 1.29 is 4.79 Å². The lowest BCUT2D eigenvalue weighted by atomic mass is 10.1. The summed E-state index contributed by atoms with van der Waals surface area (Å²) < 4.78 is 1.99. The van der Waals surface area contributed by atoms with E-state index in [1.165, 1.54) is 23.1 Å². The SMILES string of the molecule is C=CCn1c(Cc2ccccc2)nnc1S[C@@H](C)C(=O)Nc1nnc(C)s1. The monoisotopic (exact) mass is 400 g/mol. The van der Waals surface area contributed by atoms with Gasteiger partial charge in [-0.15, -0.1) is 27.0 Å². The molecular weight excluding hydrogens is 380 g/mol. The number of aryl methyl sites for hydroxylation is 1. The largest absolute Gasteiger partial charge is 0.302 e. The maximum atomic E-state index is 12.4.